The van der Waals surface area contributed by atoms with Gasteiger partial charge in [0.15, 0.2) is 5.65 Å². The van der Waals surface area contributed by atoms with E-state index in [0.29, 0.717) is 35.7 Å². The van der Waals surface area contributed by atoms with Crippen LogP contribution in [0.4, 0.5) is 20.3 Å². The van der Waals surface area contributed by atoms with Crippen molar-refractivity contribution in [2.75, 3.05) is 16.8 Å². The zero-order valence-corrected chi connectivity index (χ0v) is 16.1. The fourth-order valence-electron chi connectivity index (χ4n) is 3.52. The van der Waals surface area contributed by atoms with Crippen molar-refractivity contribution in [1.29, 1.82) is 0 Å². The molecule has 1 saturated heterocycles. The molecule has 0 radical (unpaired) electrons. The van der Waals surface area contributed by atoms with Crippen LogP contribution in [0.2, 0.25) is 0 Å². The number of nitrogens with zero attached hydrogens (tertiary/aromatic N) is 4. The minimum atomic E-state index is -1.55. The van der Waals surface area contributed by atoms with Crippen LogP contribution in [0.3, 0.4) is 0 Å². The van der Waals surface area contributed by atoms with Gasteiger partial charge >= 0.3 is 0 Å². The van der Waals surface area contributed by atoms with Crippen molar-refractivity contribution in [2.24, 2.45) is 0 Å². The Labute approximate surface area is 166 Å². The Morgan fingerprint density at radius 2 is 2.10 bits per heavy atom. The van der Waals surface area contributed by atoms with E-state index in [-0.39, 0.29) is 6.04 Å². The Bertz CT molecular complexity index is 1080. The number of carbonyl (C=O) groups is 1. The molecule has 0 bridgehead atoms. The monoisotopic (exact) mass is 401 g/mol. The van der Waals surface area contributed by atoms with Crippen molar-refractivity contribution in [2.45, 2.75) is 38.3 Å². The number of hydrogen-bond donors (Lipinski definition) is 2. The first-order valence-electron chi connectivity index (χ1n) is 9.34. The summed E-state index contributed by atoms with van der Waals surface area (Å²) in [6.07, 6.45) is 4.63. The lowest BCUT2D eigenvalue weighted by Crippen LogP contribution is -2.36. The molecule has 2 aromatic heterocycles. The van der Waals surface area contributed by atoms with Crippen molar-refractivity contribution >= 4 is 23.1 Å². The number of amides is 1. The molecule has 1 amide bonds. The first-order valence-corrected chi connectivity index (χ1v) is 9.34. The zero-order valence-electron chi connectivity index (χ0n) is 16.1. The van der Waals surface area contributed by atoms with Gasteiger partial charge in [0.25, 0.3) is 5.91 Å². The van der Waals surface area contributed by atoms with Gasteiger partial charge in [-0.05, 0) is 51.0 Å². The van der Waals surface area contributed by atoms with Crippen LogP contribution in [-0.2, 0) is 4.79 Å². The number of rotatable bonds is 4. The van der Waals surface area contributed by atoms with Gasteiger partial charge in [-0.3, -0.25) is 4.79 Å². The van der Waals surface area contributed by atoms with Crippen LogP contribution < -0.4 is 10.2 Å². The lowest BCUT2D eigenvalue weighted by atomic mass is 10.0. The second-order valence-electron chi connectivity index (χ2n) is 7.64. The molecule has 1 fully saturated rings. The molecule has 4 rings (SSSR count). The first-order chi connectivity index (χ1) is 13.7. The standard InChI is InChI=1S/C20H21F2N5O2/c1-20(2,29)19(28)24-15-11-23-27-9-7-17(25-18(15)27)26-8-3-4-16(26)13-10-12(21)5-6-14(13)22/h5-7,9-11,16,29H,3-4,8H2,1-2H3,(H,24,28). The molecule has 1 unspecified atom stereocenters. The van der Waals surface area contributed by atoms with E-state index in [1.807, 2.05) is 4.90 Å². The van der Waals surface area contributed by atoms with E-state index >= 15 is 0 Å². The van der Waals surface area contributed by atoms with Gasteiger partial charge in [0, 0.05) is 18.3 Å². The molecule has 7 nitrogen and oxygen atoms in total. The Balaban J connectivity index is 1.69. The molecule has 0 saturated carbocycles. The number of benzene rings is 1. The molecule has 1 aliphatic heterocycles. The molecule has 0 spiro atoms. The Hall–Kier alpha value is -3.07. The number of anilines is 2. The van der Waals surface area contributed by atoms with Gasteiger partial charge in [-0.15, -0.1) is 0 Å². The van der Waals surface area contributed by atoms with Crippen LogP contribution >= 0.6 is 0 Å². The maximum atomic E-state index is 14.3. The van der Waals surface area contributed by atoms with E-state index in [1.165, 1.54) is 30.6 Å². The van der Waals surface area contributed by atoms with Gasteiger partial charge in [-0.2, -0.15) is 5.10 Å². The van der Waals surface area contributed by atoms with Crippen molar-refractivity contribution in [3.05, 3.63) is 53.9 Å². The normalized spacial score (nSPS) is 17.1. The first kappa shape index (κ1) is 19.3. The van der Waals surface area contributed by atoms with Gasteiger partial charge in [0.05, 0.1) is 12.2 Å². The van der Waals surface area contributed by atoms with Crippen molar-refractivity contribution in [3.8, 4) is 0 Å². The summed E-state index contributed by atoms with van der Waals surface area (Å²) < 4.78 is 29.5. The molecule has 3 aromatic rings. The third-order valence-electron chi connectivity index (χ3n) is 5.02. The third-order valence-corrected chi connectivity index (χ3v) is 5.02. The summed E-state index contributed by atoms with van der Waals surface area (Å²) in [7, 11) is 0. The maximum Gasteiger partial charge on any atom is 0.255 e. The quantitative estimate of drug-likeness (QED) is 0.702. The number of fused-ring (bicyclic) bond motifs is 1. The molecule has 0 aliphatic carbocycles. The highest BCUT2D eigenvalue weighted by atomic mass is 19.1. The third kappa shape index (κ3) is 3.65. The summed E-state index contributed by atoms with van der Waals surface area (Å²) >= 11 is 0. The Morgan fingerprint density at radius 1 is 1.31 bits per heavy atom. The predicted octanol–water partition coefficient (Wildman–Crippen LogP) is 3.06. The van der Waals surface area contributed by atoms with Gasteiger partial charge < -0.3 is 15.3 Å². The van der Waals surface area contributed by atoms with E-state index in [1.54, 1.807) is 12.3 Å². The average Bonchev–Trinajstić information content (AvgIpc) is 3.30. The molecule has 3 heterocycles. The molecule has 1 aromatic carbocycles. The number of nitrogens with one attached hydrogen (secondary N) is 1. The topological polar surface area (TPSA) is 82.8 Å². The van der Waals surface area contributed by atoms with Crippen LogP contribution in [0.15, 0.2) is 36.7 Å². The largest absolute Gasteiger partial charge is 0.381 e. The van der Waals surface area contributed by atoms with Crippen molar-refractivity contribution in [1.82, 2.24) is 14.6 Å². The molecule has 1 atom stereocenters. The number of carbonyl (C=O) groups excluding carboxylic acids is 1. The number of aliphatic hydroxyl groups is 1. The molecular weight excluding hydrogens is 380 g/mol. The molecule has 2 N–H and O–H groups in total. The molecule has 29 heavy (non-hydrogen) atoms. The molecule has 9 heteroatoms. The van der Waals surface area contributed by atoms with E-state index < -0.39 is 23.1 Å². The summed E-state index contributed by atoms with van der Waals surface area (Å²) in [4.78, 5) is 18.6. The number of hydrogen-bond acceptors (Lipinski definition) is 5. The fourth-order valence-corrected chi connectivity index (χ4v) is 3.52. The highest BCUT2D eigenvalue weighted by Crippen LogP contribution is 2.37. The maximum absolute atomic E-state index is 14.3. The highest BCUT2D eigenvalue weighted by molar-refractivity contribution is 5.99. The van der Waals surface area contributed by atoms with Crippen LogP contribution in [-0.4, -0.2) is 37.8 Å². The number of aromatic nitrogens is 3. The lowest BCUT2D eigenvalue weighted by Gasteiger charge is -2.26. The van der Waals surface area contributed by atoms with E-state index in [0.717, 1.165) is 18.6 Å². The van der Waals surface area contributed by atoms with Crippen molar-refractivity contribution in [3.63, 3.8) is 0 Å². The summed E-state index contributed by atoms with van der Waals surface area (Å²) in [5.74, 6) is -0.945. The van der Waals surface area contributed by atoms with Crippen LogP contribution in [0, 0.1) is 11.6 Å². The minimum absolute atomic E-state index is 0.299. The molecule has 1 aliphatic rings. The number of halogens is 2. The minimum Gasteiger partial charge on any atom is -0.381 e. The average molecular weight is 401 g/mol. The Morgan fingerprint density at radius 3 is 2.86 bits per heavy atom. The zero-order chi connectivity index (χ0) is 20.8. The SMILES string of the molecule is CC(C)(O)C(=O)Nc1cnn2ccc(N3CCCC3c3cc(F)ccc3F)nc12. The Kier molecular flexibility index (Phi) is 4.70. The second kappa shape index (κ2) is 7.07. The van der Waals surface area contributed by atoms with E-state index in [4.69, 9.17) is 0 Å². The van der Waals surface area contributed by atoms with Gasteiger partial charge in [-0.1, -0.05) is 0 Å². The molecule has 152 valence electrons. The van der Waals surface area contributed by atoms with Gasteiger partial charge in [-0.25, -0.2) is 18.3 Å². The van der Waals surface area contributed by atoms with E-state index in [9.17, 15) is 18.7 Å². The van der Waals surface area contributed by atoms with E-state index in [2.05, 4.69) is 15.4 Å². The predicted molar refractivity (Wildman–Crippen MR) is 104 cm³/mol. The molecular formula is C20H21F2N5O2. The summed E-state index contributed by atoms with van der Waals surface area (Å²) in [5, 5.41) is 16.6. The highest BCUT2D eigenvalue weighted by Gasteiger charge is 2.30. The lowest BCUT2D eigenvalue weighted by molar-refractivity contribution is -0.130. The summed E-state index contributed by atoms with van der Waals surface area (Å²) in [6.45, 7) is 3.41. The summed E-state index contributed by atoms with van der Waals surface area (Å²) in [5.41, 5.74) is -0.508. The van der Waals surface area contributed by atoms with Crippen LogP contribution in [0.25, 0.3) is 5.65 Å². The van der Waals surface area contributed by atoms with Gasteiger partial charge in [0.1, 0.15) is 28.7 Å². The second-order valence-corrected chi connectivity index (χ2v) is 7.64. The van der Waals surface area contributed by atoms with Crippen molar-refractivity contribution < 1.29 is 18.7 Å². The van der Waals surface area contributed by atoms with Crippen LogP contribution in [0.5, 0.6) is 0 Å². The van der Waals surface area contributed by atoms with Crippen LogP contribution in [0.1, 0.15) is 38.3 Å². The van der Waals surface area contributed by atoms with Gasteiger partial charge in [0.2, 0.25) is 0 Å². The summed E-state index contributed by atoms with van der Waals surface area (Å²) in [6, 6.07) is 4.88. The smallest absolute Gasteiger partial charge is 0.255 e. The fraction of sp³-hybridized carbons (Fsp3) is 0.350.